The maximum absolute atomic E-state index is 12.2. The second-order valence-corrected chi connectivity index (χ2v) is 5.86. The van der Waals surface area contributed by atoms with Crippen molar-refractivity contribution in [3.8, 4) is 11.5 Å². The van der Waals surface area contributed by atoms with Gasteiger partial charge in [-0.25, -0.2) is 9.97 Å². The number of nitrogens with zero attached hydrogens (tertiary/aromatic N) is 3. The molecule has 2 aromatic heterocycles. The smallest absolute Gasteiger partial charge is 0.234 e. The van der Waals surface area contributed by atoms with E-state index in [1.807, 2.05) is 0 Å². The first kappa shape index (κ1) is 16.8. The monoisotopic (exact) mass is 360 g/mol. The van der Waals surface area contributed by atoms with Gasteiger partial charge in [0.2, 0.25) is 11.9 Å². The van der Waals surface area contributed by atoms with Crippen LogP contribution in [-0.4, -0.2) is 45.8 Å². The molecule has 0 unspecified atom stereocenters. The van der Waals surface area contributed by atoms with Crippen molar-refractivity contribution in [3.63, 3.8) is 0 Å². The molecule has 0 aliphatic carbocycles. The Labute approximate surface area is 147 Å². The summed E-state index contributed by atoms with van der Waals surface area (Å²) in [6, 6.07) is 5.15. The molecule has 3 rings (SSSR count). The molecule has 0 aliphatic heterocycles. The van der Waals surface area contributed by atoms with Crippen molar-refractivity contribution in [2.45, 2.75) is 5.03 Å². The van der Waals surface area contributed by atoms with Gasteiger partial charge in [-0.05, 0) is 12.1 Å². The fourth-order valence-corrected chi connectivity index (χ4v) is 2.96. The number of hydrogen-bond acceptors (Lipinski definition) is 8. The molecule has 9 nitrogen and oxygen atoms in total. The number of ether oxygens (including phenoxy) is 2. The van der Waals surface area contributed by atoms with E-state index in [0.29, 0.717) is 33.4 Å². The van der Waals surface area contributed by atoms with Crippen LogP contribution in [0.15, 0.2) is 29.6 Å². The van der Waals surface area contributed by atoms with E-state index in [2.05, 4.69) is 25.3 Å². The number of hydrogen-bond donors (Lipinski definition) is 3. The van der Waals surface area contributed by atoms with E-state index in [0.717, 1.165) is 0 Å². The minimum atomic E-state index is -0.193. The van der Waals surface area contributed by atoms with Crippen molar-refractivity contribution in [2.24, 2.45) is 0 Å². The Balaban J connectivity index is 1.67. The zero-order valence-electron chi connectivity index (χ0n) is 13.6. The number of thioether (sulfide) groups is 1. The van der Waals surface area contributed by atoms with Crippen LogP contribution in [0.5, 0.6) is 11.5 Å². The van der Waals surface area contributed by atoms with E-state index in [1.165, 1.54) is 25.2 Å². The van der Waals surface area contributed by atoms with Gasteiger partial charge in [0.05, 0.1) is 26.3 Å². The van der Waals surface area contributed by atoms with E-state index in [-0.39, 0.29) is 17.6 Å². The molecule has 10 heteroatoms. The highest BCUT2D eigenvalue weighted by molar-refractivity contribution is 8.00. The Morgan fingerprint density at radius 3 is 2.84 bits per heavy atom. The number of H-pyrrole nitrogens is 1. The van der Waals surface area contributed by atoms with Gasteiger partial charge in [0.15, 0.2) is 17.1 Å². The number of nitrogens with two attached hydrogens (primary N) is 1. The summed E-state index contributed by atoms with van der Waals surface area (Å²) in [5.41, 5.74) is 7.38. The third kappa shape index (κ3) is 3.74. The van der Waals surface area contributed by atoms with Crippen LogP contribution in [-0.2, 0) is 4.79 Å². The highest BCUT2D eigenvalue weighted by Gasteiger charge is 2.12. The van der Waals surface area contributed by atoms with Crippen LogP contribution in [0.3, 0.4) is 0 Å². The third-order valence-electron chi connectivity index (χ3n) is 3.28. The Hall–Kier alpha value is -3.01. The predicted octanol–water partition coefficient (Wildman–Crippen LogP) is 1.68. The zero-order valence-corrected chi connectivity index (χ0v) is 14.4. The molecule has 0 spiro atoms. The van der Waals surface area contributed by atoms with E-state index in [1.54, 1.807) is 25.3 Å². The lowest BCUT2D eigenvalue weighted by Crippen LogP contribution is -2.14. The number of imidazole rings is 1. The summed E-state index contributed by atoms with van der Waals surface area (Å²) in [5.74, 6) is 1.20. The largest absolute Gasteiger partial charge is 0.493 e. The molecule has 25 heavy (non-hydrogen) atoms. The molecule has 0 radical (unpaired) electrons. The van der Waals surface area contributed by atoms with Crippen LogP contribution >= 0.6 is 11.8 Å². The summed E-state index contributed by atoms with van der Waals surface area (Å²) in [6.45, 7) is 0. The van der Waals surface area contributed by atoms with Crippen LogP contribution in [0.25, 0.3) is 11.2 Å². The van der Waals surface area contributed by atoms with Crippen LogP contribution in [0.1, 0.15) is 0 Å². The molecule has 1 amide bonds. The minimum Gasteiger partial charge on any atom is -0.493 e. The molecule has 4 N–H and O–H groups in total. The van der Waals surface area contributed by atoms with Crippen LogP contribution in [0.4, 0.5) is 11.6 Å². The highest BCUT2D eigenvalue weighted by Crippen LogP contribution is 2.30. The SMILES string of the molecule is COc1ccc(NC(=O)CSc2nc(N)nc3nc[nH]c23)cc1OC. The van der Waals surface area contributed by atoms with Gasteiger partial charge in [-0.15, -0.1) is 0 Å². The fraction of sp³-hybridized carbons (Fsp3) is 0.200. The molecule has 1 aromatic carbocycles. The standard InChI is InChI=1S/C15H16N6O3S/c1-23-9-4-3-8(5-10(9)24-2)19-11(22)6-25-14-12-13(18-7-17-12)20-15(16)21-14/h3-5,7H,6H2,1-2H3,(H,19,22)(H3,16,17,18,20,21). The van der Waals surface area contributed by atoms with Crippen LogP contribution < -0.4 is 20.5 Å². The molecule has 0 saturated heterocycles. The summed E-state index contributed by atoms with van der Waals surface area (Å²) >= 11 is 1.24. The number of fused-ring (bicyclic) bond motifs is 1. The molecular weight excluding hydrogens is 344 g/mol. The second kappa shape index (κ2) is 7.26. The molecule has 0 atom stereocenters. The molecule has 130 valence electrons. The second-order valence-electron chi connectivity index (χ2n) is 4.89. The van der Waals surface area contributed by atoms with Gasteiger partial charge < -0.3 is 25.5 Å². The van der Waals surface area contributed by atoms with Crippen molar-refractivity contribution in [2.75, 3.05) is 31.0 Å². The van der Waals surface area contributed by atoms with Crippen molar-refractivity contribution >= 4 is 40.5 Å². The molecule has 0 saturated carbocycles. The average molecular weight is 360 g/mol. The van der Waals surface area contributed by atoms with Gasteiger partial charge in [0.25, 0.3) is 0 Å². The molecule has 0 aliphatic rings. The average Bonchev–Trinajstić information content (AvgIpc) is 3.07. The van der Waals surface area contributed by atoms with Gasteiger partial charge in [-0.1, -0.05) is 11.8 Å². The molecule has 3 aromatic rings. The molecule has 0 fully saturated rings. The number of rotatable bonds is 6. The Kier molecular flexibility index (Phi) is 4.89. The zero-order chi connectivity index (χ0) is 17.8. The number of carbonyl (C=O) groups is 1. The Morgan fingerprint density at radius 1 is 1.28 bits per heavy atom. The lowest BCUT2D eigenvalue weighted by Gasteiger charge is -2.10. The van der Waals surface area contributed by atoms with Crippen molar-refractivity contribution in [1.29, 1.82) is 0 Å². The highest BCUT2D eigenvalue weighted by atomic mass is 32.2. The van der Waals surface area contributed by atoms with Gasteiger partial charge in [-0.3, -0.25) is 4.79 Å². The van der Waals surface area contributed by atoms with E-state index >= 15 is 0 Å². The third-order valence-corrected chi connectivity index (χ3v) is 4.25. The summed E-state index contributed by atoms with van der Waals surface area (Å²) in [5, 5.41) is 3.37. The maximum Gasteiger partial charge on any atom is 0.234 e. The lowest BCUT2D eigenvalue weighted by atomic mass is 10.2. The first-order valence-electron chi connectivity index (χ1n) is 7.22. The van der Waals surface area contributed by atoms with Crippen LogP contribution in [0, 0.1) is 0 Å². The number of nitrogens with one attached hydrogen (secondary N) is 2. The van der Waals surface area contributed by atoms with E-state index in [9.17, 15) is 4.79 Å². The number of amides is 1. The number of aromatic amines is 1. The van der Waals surface area contributed by atoms with Gasteiger partial charge in [-0.2, -0.15) is 4.98 Å². The summed E-state index contributed by atoms with van der Waals surface area (Å²) in [4.78, 5) is 27.3. The van der Waals surface area contributed by atoms with Gasteiger partial charge in [0, 0.05) is 11.8 Å². The van der Waals surface area contributed by atoms with E-state index in [4.69, 9.17) is 15.2 Å². The molecular formula is C15H16N6O3S. The predicted molar refractivity (Wildman–Crippen MR) is 95.0 cm³/mol. The molecule has 0 bridgehead atoms. The van der Waals surface area contributed by atoms with Gasteiger partial charge >= 0.3 is 0 Å². The quantitative estimate of drug-likeness (QED) is 0.447. The maximum atomic E-state index is 12.2. The number of carbonyl (C=O) groups excluding carboxylic acids is 1. The fourth-order valence-electron chi connectivity index (χ4n) is 2.17. The Bertz CT molecular complexity index is 913. The molecule has 2 heterocycles. The summed E-state index contributed by atoms with van der Waals surface area (Å²) < 4.78 is 10.4. The lowest BCUT2D eigenvalue weighted by molar-refractivity contribution is -0.113. The number of aromatic nitrogens is 4. The number of anilines is 2. The van der Waals surface area contributed by atoms with Crippen molar-refractivity contribution < 1.29 is 14.3 Å². The minimum absolute atomic E-state index is 0.113. The summed E-state index contributed by atoms with van der Waals surface area (Å²) in [6.07, 6.45) is 1.51. The van der Waals surface area contributed by atoms with Crippen molar-refractivity contribution in [3.05, 3.63) is 24.5 Å². The van der Waals surface area contributed by atoms with E-state index < -0.39 is 0 Å². The topological polar surface area (TPSA) is 128 Å². The van der Waals surface area contributed by atoms with Crippen LogP contribution in [0.2, 0.25) is 0 Å². The van der Waals surface area contributed by atoms with Gasteiger partial charge in [0.1, 0.15) is 10.5 Å². The number of nitrogen functional groups attached to an aromatic ring is 1. The first-order valence-corrected chi connectivity index (χ1v) is 8.20. The summed E-state index contributed by atoms with van der Waals surface area (Å²) in [7, 11) is 3.09. The first-order chi connectivity index (χ1) is 12.1. The number of benzene rings is 1. The van der Waals surface area contributed by atoms with Crippen molar-refractivity contribution in [1.82, 2.24) is 19.9 Å². The normalized spacial score (nSPS) is 10.6. The number of methoxy groups -OCH3 is 2. The Morgan fingerprint density at radius 2 is 2.08 bits per heavy atom.